The van der Waals surface area contributed by atoms with Gasteiger partial charge >= 0.3 is 12.1 Å². The fourth-order valence-electron chi connectivity index (χ4n) is 2.70. The molecule has 0 atom stereocenters. The van der Waals surface area contributed by atoms with Crippen molar-refractivity contribution in [1.82, 2.24) is 14.5 Å². The van der Waals surface area contributed by atoms with Crippen molar-refractivity contribution in [3.8, 4) is 0 Å². The third-order valence-electron chi connectivity index (χ3n) is 4.42. The van der Waals surface area contributed by atoms with Crippen LogP contribution in [0.2, 0.25) is 0 Å². The van der Waals surface area contributed by atoms with Crippen molar-refractivity contribution < 1.29 is 36.3 Å². The third-order valence-corrected chi connectivity index (χ3v) is 6.27. The van der Waals surface area contributed by atoms with Gasteiger partial charge in [-0.1, -0.05) is 31.5 Å². The van der Waals surface area contributed by atoms with Crippen molar-refractivity contribution in [1.29, 1.82) is 0 Å². The van der Waals surface area contributed by atoms with Gasteiger partial charge in [-0.05, 0) is 18.6 Å². The lowest BCUT2D eigenvalue weighted by Crippen LogP contribution is -2.48. The summed E-state index contributed by atoms with van der Waals surface area (Å²) in [6.45, 7) is 5.25. The first-order valence-corrected chi connectivity index (χ1v) is 11.4. The van der Waals surface area contributed by atoms with E-state index in [0.717, 1.165) is 12.8 Å². The van der Waals surface area contributed by atoms with E-state index < -0.39 is 22.2 Å². The Morgan fingerprint density at radius 1 is 1.13 bits per heavy atom. The molecule has 1 aliphatic rings. The lowest BCUT2D eigenvalue weighted by Gasteiger charge is -2.28. The van der Waals surface area contributed by atoms with Crippen LogP contribution in [0.3, 0.4) is 0 Å². The highest BCUT2D eigenvalue weighted by Crippen LogP contribution is 2.13. The lowest BCUT2D eigenvalue weighted by atomic mass is 10.2. The number of aliphatic carboxylic acids is 1. The van der Waals surface area contributed by atoms with Gasteiger partial charge in [-0.3, -0.25) is 4.79 Å². The van der Waals surface area contributed by atoms with E-state index in [0.29, 0.717) is 38.3 Å². The van der Waals surface area contributed by atoms with Gasteiger partial charge in [0.2, 0.25) is 10.0 Å². The molecule has 0 spiro atoms. The molecule has 1 aliphatic heterocycles. The van der Waals surface area contributed by atoms with Crippen LogP contribution in [0, 0.1) is 0 Å². The van der Waals surface area contributed by atoms with Crippen molar-refractivity contribution in [3.63, 3.8) is 0 Å². The summed E-state index contributed by atoms with van der Waals surface area (Å²) < 4.78 is 58.2. The number of carboxylic acids is 1. The molecule has 0 unspecified atom stereocenters. The van der Waals surface area contributed by atoms with Crippen molar-refractivity contribution in [3.05, 3.63) is 35.9 Å². The highest BCUT2D eigenvalue weighted by Gasteiger charge is 2.38. The first-order chi connectivity index (χ1) is 14.5. The van der Waals surface area contributed by atoms with Gasteiger partial charge in [0.1, 0.15) is 0 Å². The predicted molar refractivity (Wildman–Crippen MR) is 109 cm³/mol. The van der Waals surface area contributed by atoms with Crippen LogP contribution in [0.15, 0.2) is 30.3 Å². The summed E-state index contributed by atoms with van der Waals surface area (Å²) in [5, 5.41) is 10.3. The number of alkyl halides is 3. The van der Waals surface area contributed by atoms with E-state index >= 15 is 0 Å². The Balaban J connectivity index is 0.000000592. The number of carbonyl (C=O) groups is 2. The number of hydrogen-bond donors (Lipinski definition) is 2. The number of halogens is 3. The van der Waals surface area contributed by atoms with E-state index in [2.05, 4.69) is 12.2 Å². The van der Waals surface area contributed by atoms with Crippen molar-refractivity contribution in [2.24, 2.45) is 0 Å². The molecular weight excluding hydrogens is 439 g/mol. The van der Waals surface area contributed by atoms with E-state index in [4.69, 9.17) is 9.90 Å². The van der Waals surface area contributed by atoms with Crippen molar-refractivity contribution >= 4 is 21.9 Å². The zero-order valence-corrected chi connectivity index (χ0v) is 18.1. The Bertz CT molecular complexity index is 798. The number of carboxylic acid groups (broad SMARTS) is 1. The smallest absolute Gasteiger partial charge is 0.475 e. The Morgan fingerprint density at radius 3 is 2.16 bits per heavy atom. The second-order valence-corrected chi connectivity index (χ2v) is 8.87. The fourth-order valence-corrected chi connectivity index (χ4v) is 4.15. The topological polar surface area (TPSA) is 107 Å². The SMILES string of the molecule is CCCCN(CCS(=O)(=O)N1CCNCC1)C(=O)c1ccccc1.O=C(O)C(F)(F)F. The molecule has 176 valence electrons. The van der Waals surface area contributed by atoms with Gasteiger partial charge in [-0.2, -0.15) is 17.5 Å². The number of sulfonamides is 1. The summed E-state index contributed by atoms with van der Waals surface area (Å²) in [5.74, 6) is -2.87. The van der Waals surface area contributed by atoms with E-state index in [1.807, 2.05) is 18.2 Å². The lowest BCUT2D eigenvalue weighted by molar-refractivity contribution is -0.192. The second-order valence-electron chi connectivity index (χ2n) is 6.78. The molecule has 0 radical (unpaired) electrons. The second kappa shape index (κ2) is 12.6. The van der Waals surface area contributed by atoms with Crippen molar-refractivity contribution in [2.75, 3.05) is 45.0 Å². The Hall–Kier alpha value is -2.18. The molecule has 12 heteroatoms. The zero-order valence-electron chi connectivity index (χ0n) is 17.3. The first kappa shape index (κ1) is 26.9. The van der Waals surface area contributed by atoms with E-state index in [-0.39, 0.29) is 18.2 Å². The van der Waals surface area contributed by atoms with Crippen LogP contribution in [0.5, 0.6) is 0 Å². The molecule has 0 aromatic heterocycles. The molecule has 1 aromatic carbocycles. The van der Waals surface area contributed by atoms with Gasteiger partial charge in [0.15, 0.2) is 0 Å². The standard InChI is InChI=1S/C17H27N3O3S.C2HF3O2/c1-2-3-11-19(17(21)16-7-5-4-6-8-16)14-15-24(22,23)20-12-9-18-10-13-20;3-2(4,5)1(6)7/h4-8,18H,2-3,9-15H2,1H3;(H,6,7). The maximum absolute atomic E-state index is 12.7. The summed E-state index contributed by atoms with van der Waals surface area (Å²) in [4.78, 5) is 23.2. The summed E-state index contributed by atoms with van der Waals surface area (Å²) in [6.07, 6.45) is -3.25. The van der Waals surface area contributed by atoms with Crippen LogP contribution in [0.1, 0.15) is 30.1 Å². The highest BCUT2D eigenvalue weighted by molar-refractivity contribution is 7.89. The molecule has 2 N–H and O–H groups in total. The molecule has 1 amide bonds. The predicted octanol–water partition coefficient (Wildman–Crippen LogP) is 1.80. The quantitative estimate of drug-likeness (QED) is 0.604. The van der Waals surface area contributed by atoms with Gasteiger partial charge in [0.25, 0.3) is 5.91 Å². The number of nitrogens with one attached hydrogen (secondary N) is 1. The van der Waals surface area contributed by atoms with Gasteiger partial charge in [-0.15, -0.1) is 0 Å². The van der Waals surface area contributed by atoms with Gasteiger partial charge in [-0.25, -0.2) is 13.2 Å². The monoisotopic (exact) mass is 467 g/mol. The Labute approximate surface area is 180 Å². The number of benzene rings is 1. The first-order valence-electron chi connectivity index (χ1n) is 9.82. The minimum absolute atomic E-state index is 0.0186. The number of carbonyl (C=O) groups excluding carboxylic acids is 1. The molecule has 1 aromatic rings. The zero-order chi connectivity index (χ0) is 23.5. The molecular formula is C19H28F3N3O5S. The van der Waals surface area contributed by atoms with Gasteiger partial charge in [0, 0.05) is 44.8 Å². The molecule has 0 saturated carbocycles. The van der Waals surface area contributed by atoms with Crippen LogP contribution in [0.25, 0.3) is 0 Å². The molecule has 8 nitrogen and oxygen atoms in total. The summed E-state index contributed by atoms with van der Waals surface area (Å²) in [5.41, 5.74) is 0.605. The highest BCUT2D eigenvalue weighted by atomic mass is 32.2. The molecule has 1 heterocycles. The van der Waals surface area contributed by atoms with Gasteiger partial charge in [0.05, 0.1) is 5.75 Å². The third kappa shape index (κ3) is 9.66. The molecule has 2 rings (SSSR count). The summed E-state index contributed by atoms with van der Waals surface area (Å²) in [6, 6.07) is 9.05. The largest absolute Gasteiger partial charge is 0.490 e. The number of rotatable bonds is 8. The number of unbranched alkanes of at least 4 members (excludes halogenated alkanes) is 1. The van der Waals surface area contributed by atoms with Crippen LogP contribution in [0.4, 0.5) is 13.2 Å². The average molecular weight is 468 g/mol. The van der Waals surface area contributed by atoms with E-state index in [1.54, 1.807) is 17.0 Å². The molecule has 0 bridgehead atoms. The van der Waals surface area contributed by atoms with Crippen LogP contribution >= 0.6 is 0 Å². The van der Waals surface area contributed by atoms with E-state index in [9.17, 15) is 26.4 Å². The number of hydrogen-bond acceptors (Lipinski definition) is 5. The number of piperazine rings is 1. The number of nitrogens with zero attached hydrogens (tertiary/aromatic N) is 2. The molecule has 0 aliphatic carbocycles. The average Bonchev–Trinajstić information content (AvgIpc) is 2.74. The fraction of sp³-hybridized carbons (Fsp3) is 0.579. The summed E-state index contributed by atoms with van der Waals surface area (Å²) in [7, 11) is -3.32. The molecule has 1 saturated heterocycles. The normalized spacial score (nSPS) is 15.0. The van der Waals surface area contributed by atoms with E-state index in [1.165, 1.54) is 4.31 Å². The maximum Gasteiger partial charge on any atom is 0.490 e. The van der Waals surface area contributed by atoms with Crippen LogP contribution < -0.4 is 5.32 Å². The Kier molecular flexibility index (Phi) is 10.9. The minimum atomic E-state index is -5.08. The maximum atomic E-state index is 12.7. The molecule has 1 fully saturated rings. The number of amides is 1. The van der Waals surface area contributed by atoms with Crippen molar-refractivity contribution in [2.45, 2.75) is 25.9 Å². The van der Waals surface area contributed by atoms with Crippen LogP contribution in [-0.4, -0.2) is 85.8 Å². The molecule has 31 heavy (non-hydrogen) atoms. The minimum Gasteiger partial charge on any atom is -0.475 e. The Morgan fingerprint density at radius 2 is 1.68 bits per heavy atom. The summed E-state index contributed by atoms with van der Waals surface area (Å²) >= 11 is 0. The van der Waals surface area contributed by atoms with Crippen LogP contribution in [-0.2, 0) is 14.8 Å². The van der Waals surface area contributed by atoms with Gasteiger partial charge < -0.3 is 15.3 Å².